The Morgan fingerprint density at radius 1 is 0.667 bits per heavy atom. The molecular weight excluding hydrogens is 128 g/mol. The van der Waals surface area contributed by atoms with Crippen LogP contribution in [0.4, 0.5) is 0 Å². The molecule has 0 aliphatic carbocycles. The minimum atomic E-state index is -7.85. The predicted octanol–water partition coefficient (Wildman–Crippen LogP) is -0.597. The quantitative estimate of drug-likeness (QED) is 0.406. The first-order chi connectivity index (χ1) is 2.24. The van der Waals surface area contributed by atoms with Crippen molar-refractivity contribution in [2.24, 2.45) is 0 Å². The van der Waals surface area contributed by atoms with Gasteiger partial charge in [-0.2, -0.15) is 0 Å². The van der Waals surface area contributed by atoms with Gasteiger partial charge in [-0.05, 0) is 0 Å². The van der Waals surface area contributed by atoms with Gasteiger partial charge in [0, 0.05) is 0 Å². The Hall–Kier alpha value is -0.286. The van der Waals surface area contributed by atoms with Gasteiger partial charge in [-0.15, -0.1) is 0 Å². The fourth-order valence-electron chi connectivity index (χ4n) is 0. The topological polar surface area (TPSA) is 85.3 Å². The third kappa shape index (κ3) is 335. The van der Waals surface area contributed by atoms with E-state index in [9.17, 15) is 0 Å². The Kier molecular flexibility index (Phi) is 0.656. The van der Waals surface area contributed by atoms with Crippen LogP contribution < -0.4 is 0 Å². The molecule has 0 radical (unpaired) electrons. The molecule has 34 valence electrons. The van der Waals surface area contributed by atoms with Crippen LogP contribution in [-0.4, -0.2) is 0 Å². The van der Waals surface area contributed by atoms with Gasteiger partial charge in [0.1, 0.15) is 0 Å². The molecule has 5 nitrogen and oxygen atoms in total. The Labute approximate surface area is 32.5 Å². The molecule has 0 heterocycles. The van der Waals surface area contributed by atoms with E-state index in [4.69, 9.17) is 16.6 Å². The van der Waals surface area contributed by atoms with Crippen molar-refractivity contribution in [1.82, 2.24) is 0 Å². The van der Waals surface area contributed by atoms with Crippen molar-refractivity contribution >= 4 is 0 Å². The van der Waals surface area contributed by atoms with Crippen molar-refractivity contribution in [2.75, 3.05) is 0 Å². The summed E-state index contributed by atoms with van der Waals surface area (Å²) < 4.78 is 43.2. The van der Waals surface area contributed by atoms with Gasteiger partial charge in [-0.1, -0.05) is 0 Å². The first-order valence-electron chi connectivity index (χ1n) is 1.02. The minimum absolute atomic E-state index is 7.85. The van der Waals surface area contributed by atoms with Crippen LogP contribution in [0.2, 0.25) is 0 Å². The molecule has 6 heteroatoms. The van der Waals surface area contributed by atoms with E-state index in [1.54, 1.807) is 0 Å². The van der Waals surface area contributed by atoms with Crippen LogP contribution in [0.5, 0.6) is 0 Å². The van der Waals surface area contributed by atoms with Crippen molar-refractivity contribution < 1.29 is 31.8 Å². The zero-order chi connectivity index (χ0) is 5.45. The van der Waals surface area contributed by atoms with Crippen LogP contribution in [0.25, 0.3) is 0 Å². The molecule has 6 heavy (non-hydrogen) atoms. The zero-order valence-electron chi connectivity index (χ0n) is 2.54. The molecule has 0 rings (SSSR count). The van der Waals surface area contributed by atoms with Crippen LogP contribution in [0.1, 0.15) is 0 Å². The zero-order valence-corrected chi connectivity index (χ0v) is 4.10. The summed E-state index contributed by atoms with van der Waals surface area (Å²) in [5, 5.41) is 0. The Balaban J connectivity index is 7.45. The van der Waals surface area contributed by atoms with Gasteiger partial charge in [0.15, 0.2) is 0 Å². The molecule has 0 bridgehead atoms. The van der Waals surface area contributed by atoms with Crippen molar-refractivity contribution in [3.63, 3.8) is 0 Å². The standard InChI is InChI=1S/5O.Ti. The van der Waals surface area contributed by atoms with E-state index < -0.39 is 15.2 Å². The van der Waals surface area contributed by atoms with E-state index in [-0.39, 0.29) is 0 Å². The molecule has 0 aromatic carbocycles. The van der Waals surface area contributed by atoms with Crippen molar-refractivity contribution in [1.29, 1.82) is 0 Å². The van der Waals surface area contributed by atoms with Crippen LogP contribution in [-0.2, 0) is 31.8 Å². The van der Waals surface area contributed by atoms with Crippen molar-refractivity contribution in [3.05, 3.63) is 0 Å². The summed E-state index contributed by atoms with van der Waals surface area (Å²) in [5.74, 6) is 0. The van der Waals surface area contributed by atoms with Crippen LogP contribution in [0.3, 0.4) is 0 Å². The second kappa shape index (κ2) is 0.689. The molecule has 0 spiro atoms. The molecule has 0 aromatic heterocycles. The van der Waals surface area contributed by atoms with Gasteiger partial charge < -0.3 is 0 Å². The van der Waals surface area contributed by atoms with Crippen LogP contribution in [0.15, 0.2) is 0 Å². The fourth-order valence-corrected chi connectivity index (χ4v) is 0. The average Bonchev–Trinajstić information content (AvgIpc) is 0.650. The fraction of sp³-hybridized carbons (Fsp3) is 0. The number of hydrogen-bond acceptors (Lipinski definition) is 5. The van der Waals surface area contributed by atoms with E-state index in [2.05, 4.69) is 0 Å². The summed E-state index contributed by atoms with van der Waals surface area (Å²) in [7, 11) is 0. The third-order valence-electron chi connectivity index (χ3n) is 0. The summed E-state index contributed by atoms with van der Waals surface area (Å²) in [5.41, 5.74) is 0. The van der Waals surface area contributed by atoms with E-state index in [1.165, 1.54) is 0 Å². The molecule has 0 N–H and O–H groups in total. The summed E-state index contributed by atoms with van der Waals surface area (Å²) >= 11 is -7.85. The molecule has 0 aliphatic heterocycles. The molecule has 0 amide bonds. The first-order valence-corrected chi connectivity index (χ1v) is 4.21. The summed E-state index contributed by atoms with van der Waals surface area (Å²) in [6, 6.07) is 0. The second-order valence-electron chi connectivity index (χ2n) is 0.833. The third-order valence-corrected chi connectivity index (χ3v) is 0. The first kappa shape index (κ1) is 5.71. The van der Waals surface area contributed by atoms with Crippen LogP contribution >= 0.6 is 0 Å². The summed E-state index contributed by atoms with van der Waals surface area (Å²) in [6.45, 7) is 0. The van der Waals surface area contributed by atoms with Crippen molar-refractivity contribution in [2.45, 2.75) is 0 Å². The Morgan fingerprint density at radius 3 is 0.667 bits per heavy atom. The van der Waals surface area contributed by atoms with E-state index in [0.717, 1.165) is 0 Å². The van der Waals surface area contributed by atoms with Crippen LogP contribution in [0, 0.1) is 0 Å². The molecule has 0 aromatic rings. The molecule has 0 unspecified atom stereocenters. The second-order valence-corrected chi connectivity index (χ2v) is 3.44. The monoisotopic (exact) mass is 128 g/mol. The molecule has 0 saturated carbocycles. The Bertz CT molecular complexity index is 274. The van der Waals surface area contributed by atoms with Gasteiger partial charge in [0.25, 0.3) is 0 Å². The van der Waals surface area contributed by atoms with Gasteiger partial charge in [-0.3, -0.25) is 0 Å². The molecule has 0 atom stereocenters. The van der Waals surface area contributed by atoms with E-state index in [0.29, 0.717) is 0 Å². The van der Waals surface area contributed by atoms with E-state index in [1.807, 2.05) is 0 Å². The maximum absolute atomic E-state index is 8.65. The SMILES string of the molecule is [O]=[Ti](=[O])(=[O])(=[O])=[O]. The molecule has 0 fully saturated rings. The van der Waals surface area contributed by atoms with Gasteiger partial charge >= 0.3 is 31.8 Å². The summed E-state index contributed by atoms with van der Waals surface area (Å²) in [4.78, 5) is 0. The normalized spacial score (nSPS) is 5.83. The predicted molar refractivity (Wildman–Crippen MR) is 3.43 cm³/mol. The maximum atomic E-state index is 8.65. The number of hydrogen-bond donors (Lipinski definition) is 0. The van der Waals surface area contributed by atoms with Gasteiger partial charge in [0.05, 0.1) is 0 Å². The molecular formula is O5Ti. The van der Waals surface area contributed by atoms with E-state index >= 15 is 0 Å². The molecule has 0 aliphatic rings. The summed E-state index contributed by atoms with van der Waals surface area (Å²) in [6.07, 6.45) is 0. The number of rotatable bonds is 0. The average molecular weight is 128 g/mol. The Morgan fingerprint density at radius 2 is 0.667 bits per heavy atom. The van der Waals surface area contributed by atoms with Gasteiger partial charge in [-0.25, -0.2) is 0 Å². The van der Waals surface area contributed by atoms with Crippen molar-refractivity contribution in [3.8, 4) is 0 Å². The molecule has 0 saturated heterocycles. The van der Waals surface area contributed by atoms with Gasteiger partial charge in [0.2, 0.25) is 0 Å².